The zero-order valence-electron chi connectivity index (χ0n) is 13.0. The Morgan fingerprint density at radius 1 is 1.09 bits per heavy atom. The molecule has 4 heteroatoms. The molecule has 0 atom stereocenters. The Labute approximate surface area is 138 Å². The summed E-state index contributed by atoms with van der Waals surface area (Å²) in [7, 11) is 0. The number of rotatable bonds is 5. The van der Waals surface area contributed by atoms with Crippen molar-refractivity contribution in [3.8, 4) is 22.6 Å². The highest BCUT2D eigenvalue weighted by molar-refractivity contribution is 5.85. The largest absolute Gasteiger partial charge is 0.490 e. The molecular formula is C18H22ClNO2. The van der Waals surface area contributed by atoms with E-state index in [1.165, 1.54) is 16.7 Å². The molecule has 118 valence electrons. The lowest BCUT2D eigenvalue weighted by atomic mass is 10.0. The zero-order valence-corrected chi connectivity index (χ0v) is 13.8. The van der Waals surface area contributed by atoms with Crippen LogP contribution < -0.4 is 14.8 Å². The summed E-state index contributed by atoms with van der Waals surface area (Å²) < 4.78 is 11.7. The Morgan fingerprint density at radius 2 is 1.86 bits per heavy atom. The highest BCUT2D eigenvalue weighted by Gasteiger charge is 2.20. The number of benzene rings is 2. The minimum atomic E-state index is 0. The molecule has 0 spiro atoms. The number of nitrogens with one attached hydrogen (secondary N) is 1. The first-order valence-corrected chi connectivity index (χ1v) is 7.48. The van der Waals surface area contributed by atoms with E-state index in [1.807, 2.05) is 13.0 Å². The quantitative estimate of drug-likeness (QED) is 0.908. The molecule has 0 aliphatic carbocycles. The van der Waals surface area contributed by atoms with Crippen LogP contribution in [0.5, 0.6) is 11.5 Å². The van der Waals surface area contributed by atoms with E-state index in [0.29, 0.717) is 6.61 Å². The number of halogens is 1. The number of ether oxygens (including phenoxy) is 2. The summed E-state index contributed by atoms with van der Waals surface area (Å²) >= 11 is 0. The highest BCUT2D eigenvalue weighted by Crippen LogP contribution is 2.34. The van der Waals surface area contributed by atoms with E-state index >= 15 is 0 Å². The van der Waals surface area contributed by atoms with Crippen LogP contribution in [0, 0.1) is 6.92 Å². The number of aryl methyl sites for hydroxylation is 1. The van der Waals surface area contributed by atoms with Gasteiger partial charge < -0.3 is 14.8 Å². The zero-order chi connectivity index (χ0) is 14.7. The lowest BCUT2D eigenvalue weighted by molar-refractivity contribution is 0.136. The van der Waals surface area contributed by atoms with Gasteiger partial charge in [-0.15, -0.1) is 12.4 Å². The maximum atomic E-state index is 6.05. The molecule has 3 nitrogen and oxygen atoms in total. The summed E-state index contributed by atoms with van der Waals surface area (Å²) in [5.74, 6) is 1.66. The van der Waals surface area contributed by atoms with Gasteiger partial charge in [0.1, 0.15) is 6.10 Å². The fourth-order valence-electron chi connectivity index (χ4n) is 2.46. The predicted molar refractivity (Wildman–Crippen MR) is 92.3 cm³/mol. The summed E-state index contributed by atoms with van der Waals surface area (Å²) in [6, 6.07) is 14.6. The van der Waals surface area contributed by atoms with E-state index in [-0.39, 0.29) is 18.5 Å². The summed E-state index contributed by atoms with van der Waals surface area (Å²) in [5, 5.41) is 3.22. The van der Waals surface area contributed by atoms with Crippen molar-refractivity contribution < 1.29 is 9.47 Å². The number of hydrogen-bond donors (Lipinski definition) is 1. The van der Waals surface area contributed by atoms with Gasteiger partial charge >= 0.3 is 0 Å². The van der Waals surface area contributed by atoms with Crippen LogP contribution in [-0.2, 0) is 0 Å². The van der Waals surface area contributed by atoms with Crippen LogP contribution >= 0.6 is 12.4 Å². The van der Waals surface area contributed by atoms with Crippen molar-refractivity contribution in [1.82, 2.24) is 5.32 Å². The molecule has 2 aromatic carbocycles. The van der Waals surface area contributed by atoms with Crippen molar-refractivity contribution in [2.24, 2.45) is 0 Å². The monoisotopic (exact) mass is 319 g/mol. The van der Waals surface area contributed by atoms with Gasteiger partial charge in [0.2, 0.25) is 0 Å². The molecule has 0 saturated carbocycles. The SMILES string of the molecule is CCOc1ccc(-c2ccccc2C)cc1OC1CNC1.Cl. The first-order valence-electron chi connectivity index (χ1n) is 7.48. The third-order valence-electron chi connectivity index (χ3n) is 3.74. The van der Waals surface area contributed by atoms with Gasteiger partial charge in [-0.1, -0.05) is 30.3 Å². The minimum Gasteiger partial charge on any atom is -0.490 e. The maximum Gasteiger partial charge on any atom is 0.162 e. The van der Waals surface area contributed by atoms with E-state index in [2.05, 4.69) is 48.6 Å². The molecule has 1 aliphatic rings. The second-order valence-corrected chi connectivity index (χ2v) is 5.31. The molecule has 0 amide bonds. The summed E-state index contributed by atoms with van der Waals surface area (Å²) in [6.07, 6.45) is 0.247. The highest BCUT2D eigenvalue weighted by atomic mass is 35.5. The average molecular weight is 320 g/mol. The van der Waals surface area contributed by atoms with Crippen LogP contribution in [0.15, 0.2) is 42.5 Å². The average Bonchev–Trinajstić information content (AvgIpc) is 2.45. The lowest BCUT2D eigenvalue weighted by Crippen LogP contribution is -2.50. The Hall–Kier alpha value is -1.71. The van der Waals surface area contributed by atoms with Crippen LogP contribution in [0.4, 0.5) is 0 Å². The molecule has 0 aromatic heterocycles. The normalized spacial score (nSPS) is 13.9. The second-order valence-electron chi connectivity index (χ2n) is 5.31. The standard InChI is InChI=1S/C18H21NO2.ClH/c1-3-20-17-9-8-14(16-7-5-4-6-13(16)2)10-18(17)21-15-11-19-12-15;/h4-10,15,19H,3,11-12H2,1-2H3;1H. The van der Waals surface area contributed by atoms with Gasteiger partial charge in [-0.2, -0.15) is 0 Å². The minimum absolute atomic E-state index is 0. The van der Waals surface area contributed by atoms with Gasteiger partial charge in [0.15, 0.2) is 11.5 Å². The molecule has 22 heavy (non-hydrogen) atoms. The third-order valence-corrected chi connectivity index (χ3v) is 3.74. The van der Waals surface area contributed by atoms with E-state index in [0.717, 1.165) is 24.6 Å². The molecule has 2 aromatic rings. The smallest absolute Gasteiger partial charge is 0.162 e. The summed E-state index contributed by atoms with van der Waals surface area (Å²) in [6.45, 7) is 6.56. The van der Waals surface area contributed by atoms with E-state index in [1.54, 1.807) is 0 Å². The first kappa shape index (κ1) is 16.7. The lowest BCUT2D eigenvalue weighted by Gasteiger charge is -2.28. The van der Waals surface area contributed by atoms with Crippen LogP contribution in [0.25, 0.3) is 11.1 Å². The van der Waals surface area contributed by atoms with Crippen LogP contribution in [-0.4, -0.2) is 25.8 Å². The number of hydrogen-bond acceptors (Lipinski definition) is 3. The van der Waals surface area contributed by atoms with Gasteiger partial charge in [-0.05, 0) is 42.7 Å². The van der Waals surface area contributed by atoms with Crippen LogP contribution in [0.3, 0.4) is 0 Å². The van der Waals surface area contributed by atoms with Crippen molar-refractivity contribution in [3.63, 3.8) is 0 Å². The molecular weight excluding hydrogens is 298 g/mol. The molecule has 1 saturated heterocycles. The topological polar surface area (TPSA) is 30.5 Å². The van der Waals surface area contributed by atoms with Crippen molar-refractivity contribution in [2.75, 3.05) is 19.7 Å². The van der Waals surface area contributed by atoms with E-state index in [9.17, 15) is 0 Å². The molecule has 3 rings (SSSR count). The molecule has 1 heterocycles. The van der Waals surface area contributed by atoms with Crippen molar-refractivity contribution >= 4 is 12.4 Å². The fourth-order valence-corrected chi connectivity index (χ4v) is 2.46. The summed E-state index contributed by atoms with van der Waals surface area (Å²) in [5.41, 5.74) is 3.66. The van der Waals surface area contributed by atoms with E-state index in [4.69, 9.17) is 9.47 Å². The second kappa shape index (κ2) is 7.52. The molecule has 0 unspecified atom stereocenters. The van der Waals surface area contributed by atoms with Gasteiger partial charge in [0, 0.05) is 13.1 Å². The maximum absolute atomic E-state index is 6.05. The van der Waals surface area contributed by atoms with Gasteiger partial charge in [0.05, 0.1) is 6.61 Å². The third kappa shape index (κ3) is 3.54. The van der Waals surface area contributed by atoms with Gasteiger partial charge in [-0.3, -0.25) is 0 Å². The van der Waals surface area contributed by atoms with Crippen LogP contribution in [0.1, 0.15) is 12.5 Å². The Balaban J connectivity index is 0.00000176. The Kier molecular flexibility index (Phi) is 5.69. The fraction of sp³-hybridized carbons (Fsp3) is 0.333. The van der Waals surface area contributed by atoms with Crippen molar-refractivity contribution in [2.45, 2.75) is 20.0 Å². The summed E-state index contributed by atoms with van der Waals surface area (Å²) in [4.78, 5) is 0. The van der Waals surface area contributed by atoms with Crippen molar-refractivity contribution in [3.05, 3.63) is 48.0 Å². The molecule has 0 radical (unpaired) electrons. The first-order chi connectivity index (χ1) is 10.3. The van der Waals surface area contributed by atoms with E-state index < -0.39 is 0 Å². The molecule has 1 N–H and O–H groups in total. The Morgan fingerprint density at radius 3 is 2.50 bits per heavy atom. The predicted octanol–water partition coefficient (Wildman–Crippen LogP) is 3.83. The van der Waals surface area contributed by atoms with Gasteiger partial charge in [0.25, 0.3) is 0 Å². The van der Waals surface area contributed by atoms with Crippen molar-refractivity contribution in [1.29, 1.82) is 0 Å². The molecule has 1 aliphatic heterocycles. The van der Waals surface area contributed by atoms with Gasteiger partial charge in [-0.25, -0.2) is 0 Å². The molecule has 1 fully saturated rings. The van der Waals surface area contributed by atoms with Crippen LogP contribution in [0.2, 0.25) is 0 Å². The Bertz CT molecular complexity index is 626. The molecule has 0 bridgehead atoms.